The van der Waals surface area contributed by atoms with Gasteiger partial charge in [0.15, 0.2) is 5.69 Å². The summed E-state index contributed by atoms with van der Waals surface area (Å²) in [5.41, 5.74) is 1.45. The Balaban J connectivity index is 2.78. The molecule has 0 radical (unpaired) electrons. The third-order valence-electron chi connectivity index (χ3n) is 2.00. The Morgan fingerprint density at radius 1 is 1.64 bits per heavy atom. The maximum Gasteiger partial charge on any atom is 0.306 e. The molecular weight excluding hydrogens is 178 g/mol. The lowest BCUT2D eigenvalue weighted by Gasteiger charge is -2.05. The van der Waals surface area contributed by atoms with E-state index in [-0.39, 0.29) is 0 Å². The van der Waals surface area contributed by atoms with Gasteiger partial charge in [0.2, 0.25) is 0 Å². The number of hydrogen-bond donors (Lipinski definition) is 1. The Morgan fingerprint density at radius 3 is 2.93 bits per heavy atom. The summed E-state index contributed by atoms with van der Waals surface area (Å²) in [5.74, 6) is -1.21. The van der Waals surface area contributed by atoms with Gasteiger partial charge in [-0.05, 0) is 6.42 Å². The van der Waals surface area contributed by atoms with Crippen LogP contribution in [0.1, 0.15) is 12.5 Å². The zero-order valence-electron chi connectivity index (χ0n) is 7.90. The van der Waals surface area contributed by atoms with Gasteiger partial charge in [0.1, 0.15) is 0 Å². The van der Waals surface area contributed by atoms with Crippen LogP contribution in [0.3, 0.4) is 0 Å². The molecule has 3 nitrogen and oxygen atoms in total. The molecule has 0 fully saturated rings. The number of carbonyl (C=O) groups is 1. The lowest BCUT2D eigenvalue weighted by Crippen LogP contribution is -2.11. The first kappa shape index (κ1) is 10.3. The molecule has 14 heavy (non-hydrogen) atoms. The van der Waals surface area contributed by atoms with Gasteiger partial charge in [-0.15, -0.1) is 0 Å². The minimum Gasteiger partial charge on any atom is -0.481 e. The van der Waals surface area contributed by atoms with E-state index in [2.05, 4.69) is 4.85 Å². The van der Waals surface area contributed by atoms with Crippen molar-refractivity contribution < 1.29 is 9.90 Å². The molecule has 0 aliphatic carbocycles. The number of benzene rings is 1. The Morgan fingerprint density at radius 2 is 2.36 bits per heavy atom. The van der Waals surface area contributed by atoms with Crippen LogP contribution in [0.15, 0.2) is 24.3 Å². The number of aliphatic carboxylic acids is 1. The number of nitrogens with zero attached hydrogens (tertiary/aromatic N) is 1. The van der Waals surface area contributed by atoms with Crippen LogP contribution < -0.4 is 0 Å². The van der Waals surface area contributed by atoms with Crippen LogP contribution in [-0.4, -0.2) is 11.1 Å². The molecule has 0 aliphatic heterocycles. The summed E-state index contributed by atoms with van der Waals surface area (Å²) in [6.45, 7) is 8.48. The van der Waals surface area contributed by atoms with Crippen LogP contribution in [0.25, 0.3) is 4.85 Å². The highest BCUT2D eigenvalue weighted by Gasteiger charge is 2.11. The van der Waals surface area contributed by atoms with E-state index in [9.17, 15) is 4.79 Å². The minimum atomic E-state index is -0.807. The van der Waals surface area contributed by atoms with Gasteiger partial charge >= 0.3 is 5.97 Å². The van der Waals surface area contributed by atoms with Crippen LogP contribution in [0.5, 0.6) is 0 Å². The second-order valence-corrected chi connectivity index (χ2v) is 3.23. The van der Waals surface area contributed by atoms with Crippen LogP contribution in [-0.2, 0) is 11.2 Å². The summed E-state index contributed by atoms with van der Waals surface area (Å²) >= 11 is 0. The SMILES string of the molecule is [C-]#[N+]c1cccc(C[C@H](C)C(=O)O)c1. The molecular formula is C11H11NO2. The Bertz CT molecular complexity index is 379. The summed E-state index contributed by atoms with van der Waals surface area (Å²) < 4.78 is 0. The van der Waals surface area contributed by atoms with Crippen molar-refractivity contribution in [2.75, 3.05) is 0 Å². The van der Waals surface area contributed by atoms with Crippen molar-refractivity contribution in [2.24, 2.45) is 5.92 Å². The fraction of sp³-hybridized carbons (Fsp3) is 0.273. The molecule has 1 N–H and O–H groups in total. The topological polar surface area (TPSA) is 41.7 Å². The van der Waals surface area contributed by atoms with Gasteiger partial charge in [-0.1, -0.05) is 36.8 Å². The number of carboxylic acid groups (broad SMARTS) is 1. The van der Waals surface area contributed by atoms with Crippen molar-refractivity contribution in [1.82, 2.24) is 0 Å². The average molecular weight is 189 g/mol. The molecule has 1 aromatic carbocycles. The van der Waals surface area contributed by atoms with Crippen molar-refractivity contribution in [3.05, 3.63) is 41.2 Å². The Hall–Kier alpha value is -1.82. The first-order valence-corrected chi connectivity index (χ1v) is 4.32. The Labute approximate surface area is 82.8 Å². The molecule has 0 heterocycles. The van der Waals surface area contributed by atoms with Crippen LogP contribution >= 0.6 is 0 Å². The zero-order chi connectivity index (χ0) is 10.6. The van der Waals surface area contributed by atoms with Crippen LogP contribution in [0, 0.1) is 12.5 Å². The highest BCUT2D eigenvalue weighted by Crippen LogP contribution is 2.16. The number of hydrogen-bond acceptors (Lipinski definition) is 1. The lowest BCUT2D eigenvalue weighted by molar-refractivity contribution is -0.141. The standard InChI is InChI=1S/C11H11NO2/c1-8(11(13)14)6-9-4-3-5-10(7-9)12-2/h3-5,7-8H,6H2,1H3,(H,13,14)/t8-/m0/s1. The molecule has 1 atom stereocenters. The molecule has 3 heteroatoms. The monoisotopic (exact) mass is 189 g/mol. The molecule has 0 bridgehead atoms. The fourth-order valence-electron chi connectivity index (χ4n) is 1.19. The smallest absolute Gasteiger partial charge is 0.306 e. The molecule has 1 aromatic rings. The number of rotatable bonds is 3. The van der Waals surface area contributed by atoms with E-state index < -0.39 is 11.9 Å². The molecule has 0 spiro atoms. The van der Waals surface area contributed by atoms with Gasteiger partial charge in [-0.3, -0.25) is 4.79 Å². The van der Waals surface area contributed by atoms with Crippen molar-refractivity contribution in [2.45, 2.75) is 13.3 Å². The maximum absolute atomic E-state index is 10.6. The molecule has 72 valence electrons. The van der Waals surface area contributed by atoms with Crippen LogP contribution in [0.2, 0.25) is 0 Å². The van der Waals surface area contributed by atoms with Crippen molar-refractivity contribution in [3.63, 3.8) is 0 Å². The van der Waals surface area contributed by atoms with Crippen molar-refractivity contribution in [3.8, 4) is 0 Å². The first-order valence-electron chi connectivity index (χ1n) is 4.32. The second kappa shape index (κ2) is 4.43. The predicted octanol–water partition coefficient (Wildman–Crippen LogP) is 2.50. The third kappa shape index (κ3) is 2.60. The summed E-state index contributed by atoms with van der Waals surface area (Å²) in [6.07, 6.45) is 0.471. The maximum atomic E-state index is 10.6. The van der Waals surface area contributed by atoms with Gasteiger partial charge in [-0.2, -0.15) is 0 Å². The van der Waals surface area contributed by atoms with E-state index in [0.29, 0.717) is 12.1 Å². The number of carboxylic acids is 1. The molecule has 0 aliphatic rings. The third-order valence-corrected chi connectivity index (χ3v) is 2.00. The van der Waals surface area contributed by atoms with Gasteiger partial charge in [0.05, 0.1) is 12.5 Å². The van der Waals surface area contributed by atoms with Gasteiger partial charge in [0, 0.05) is 0 Å². The van der Waals surface area contributed by atoms with Crippen LogP contribution in [0.4, 0.5) is 5.69 Å². The average Bonchev–Trinajstić information content (AvgIpc) is 2.18. The molecule has 0 amide bonds. The summed E-state index contributed by atoms with van der Waals surface area (Å²) in [5, 5.41) is 8.71. The van der Waals surface area contributed by atoms with Gasteiger partial charge in [0.25, 0.3) is 0 Å². The summed E-state index contributed by atoms with van der Waals surface area (Å²) in [7, 11) is 0. The summed E-state index contributed by atoms with van der Waals surface area (Å²) in [4.78, 5) is 13.9. The fourth-order valence-corrected chi connectivity index (χ4v) is 1.19. The first-order chi connectivity index (χ1) is 6.63. The van der Waals surface area contributed by atoms with E-state index in [1.165, 1.54) is 0 Å². The second-order valence-electron chi connectivity index (χ2n) is 3.23. The van der Waals surface area contributed by atoms with Crippen molar-refractivity contribution >= 4 is 11.7 Å². The normalized spacial score (nSPS) is 11.7. The Kier molecular flexibility index (Phi) is 3.24. The largest absolute Gasteiger partial charge is 0.481 e. The van der Waals surface area contributed by atoms with Crippen molar-refractivity contribution in [1.29, 1.82) is 0 Å². The summed E-state index contributed by atoms with van der Waals surface area (Å²) in [6, 6.07) is 7.06. The zero-order valence-corrected chi connectivity index (χ0v) is 7.90. The molecule has 0 saturated heterocycles. The van der Waals surface area contributed by atoms with E-state index in [1.54, 1.807) is 25.1 Å². The molecule has 1 rings (SSSR count). The van der Waals surface area contributed by atoms with E-state index in [4.69, 9.17) is 11.7 Å². The lowest BCUT2D eigenvalue weighted by atomic mass is 10.0. The van der Waals surface area contributed by atoms with Gasteiger partial charge in [-0.25, -0.2) is 4.85 Å². The van der Waals surface area contributed by atoms with E-state index in [0.717, 1.165) is 5.56 Å². The minimum absolute atomic E-state index is 0.406. The predicted molar refractivity (Wildman–Crippen MR) is 53.2 cm³/mol. The molecule has 0 aromatic heterocycles. The quantitative estimate of drug-likeness (QED) is 0.742. The van der Waals surface area contributed by atoms with E-state index in [1.807, 2.05) is 6.07 Å². The molecule has 0 saturated carbocycles. The van der Waals surface area contributed by atoms with E-state index >= 15 is 0 Å². The van der Waals surface area contributed by atoms with Gasteiger partial charge < -0.3 is 5.11 Å². The highest BCUT2D eigenvalue weighted by molar-refractivity contribution is 5.70. The highest BCUT2D eigenvalue weighted by atomic mass is 16.4. The molecule has 0 unspecified atom stereocenters.